The van der Waals surface area contributed by atoms with Crippen LogP contribution in [-0.4, -0.2) is 30.1 Å². The zero-order valence-electron chi connectivity index (χ0n) is 22.9. The summed E-state index contributed by atoms with van der Waals surface area (Å²) < 4.78 is 28.7. The number of ether oxygens (including phenoxy) is 1. The summed E-state index contributed by atoms with van der Waals surface area (Å²) in [5.41, 5.74) is -0.0298. The number of esters is 1. The lowest BCUT2D eigenvalue weighted by molar-refractivity contribution is -0.173. The van der Waals surface area contributed by atoms with Crippen molar-refractivity contribution >= 4 is 11.8 Å². The molecule has 0 aliphatic heterocycles. The van der Waals surface area contributed by atoms with Gasteiger partial charge in [0.15, 0.2) is 0 Å². The number of Topliss-reactive ketones (excluding diaryl/α,β-unsaturated/α-hetero) is 1. The first kappa shape index (κ1) is 19.6. The number of fused-ring (bicyclic) bond motifs is 5. The van der Waals surface area contributed by atoms with E-state index in [2.05, 4.69) is 20.8 Å². The van der Waals surface area contributed by atoms with Gasteiger partial charge in [0.2, 0.25) is 0 Å². The lowest BCUT2D eigenvalue weighted by atomic mass is 9.42. The number of hydrogen-bond acceptors (Lipinski definition) is 4. The average molecular weight is 436 g/mol. The molecule has 0 heterocycles. The lowest BCUT2D eigenvalue weighted by Crippen LogP contribution is -2.60. The van der Waals surface area contributed by atoms with Gasteiger partial charge in [-0.3, -0.25) is 9.59 Å². The fourth-order valence-electron chi connectivity index (χ4n) is 9.02. The Balaban J connectivity index is 1.63. The molecule has 4 fully saturated rings. The van der Waals surface area contributed by atoms with E-state index in [1.54, 1.807) is 0 Å². The van der Waals surface area contributed by atoms with Gasteiger partial charge in [0, 0.05) is 22.4 Å². The Labute approximate surface area is 193 Å². The van der Waals surface area contributed by atoms with E-state index in [4.69, 9.17) is 8.85 Å². The molecule has 4 rings (SSSR count). The first-order valence-electron chi connectivity index (χ1n) is 14.1. The van der Waals surface area contributed by atoms with Crippen molar-refractivity contribution in [2.24, 2.45) is 52.3 Å². The maximum absolute atomic E-state index is 14.2. The van der Waals surface area contributed by atoms with E-state index in [-0.39, 0.29) is 52.7 Å². The SMILES string of the molecule is [2H]C([2H])([2H])CC1C(=O)[C@@H]2[C@H](CC[C@]3(C)[C@@H](C(C)CCC(=O)OC)CC[C@@H]23)[C@@]2(C)CCC(O)C[C@@H]12. The minimum absolute atomic E-state index is 0.0361. The van der Waals surface area contributed by atoms with Gasteiger partial charge < -0.3 is 9.84 Å². The molecule has 4 aliphatic carbocycles. The van der Waals surface area contributed by atoms with Crippen LogP contribution >= 0.6 is 0 Å². The zero-order chi connectivity index (χ0) is 25.1. The first-order valence-corrected chi connectivity index (χ1v) is 12.6. The molecule has 0 bridgehead atoms. The molecule has 0 amide bonds. The van der Waals surface area contributed by atoms with Crippen LogP contribution in [-0.2, 0) is 14.3 Å². The molecule has 0 aromatic rings. The molecule has 10 atom stereocenters. The van der Waals surface area contributed by atoms with Gasteiger partial charge in [-0.15, -0.1) is 0 Å². The standard InChI is InChI=1S/C27H44O4/c1-6-18-22-15-17(28)11-13-27(22,4)21-12-14-26(3)19(16(2)7-10-23(29)31-5)8-9-20(26)24(21)25(18)30/h16-22,24,28H,6-15H2,1-5H3/t16?,17?,18?,19-,20+,21+,22+,24+,26-,27-/m1/s1/i1D3. The Morgan fingerprint density at radius 3 is 2.58 bits per heavy atom. The molecule has 0 radical (unpaired) electrons. The summed E-state index contributed by atoms with van der Waals surface area (Å²) in [6, 6.07) is 0. The van der Waals surface area contributed by atoms with E-state index < -0.39 is 18.9 Å². The van der Waals surface area contributed by atoms with Gasteiger partial charge in [0.1, 0.15) is 5.78 Å². The van der Waals surface area contributed by atoms with Crippen LogP contribution < -0.4 is 0 Å². The van der Waals surface area contributed by atoms with Crippen molar-refractivity contribution in [2.45, 2.75) is 97.9 Å². The van der Waals surface area contributed by atoms with Crippen LogP contribution in [0.1, 0.15) is 95.9 Å². The van der Waals surface area contributed by atoms with Crippen LogP contribution in [0.2, 0.25) is 0 Å². The monoisotopic (exact) mass is 435 g/mol. The smallest absolute Gasteiger partial charge is 0.305 e. The summed E-state index contributed by atoms with van der Waals surface area (Å²) in [6.45, 7) is 4.77. The van der Waals surface area contributed by atoms with Crippen LogP contribution in [0, 0.1) is 52.3 Å². The Kier molecular flexibility index (Phi) is 5.34. The molecular weight excluding hydrogens is 388 g/mol. The van der Waals surface area contributed by atoms with Gasteiger partial charge >= 0.3 is 5.97 Å². The summed E-state index contributed by atoms with van der Waals surface area (Å²) in [5.74, 6) is 0.852. The van der Waals surface area contributed by atoms with E-state index in [0.717, 1.165) is 44.9 Å². The van der Waals surface area contributed by atoms with Gasteiger partial charge in [-0.2, -0.15) is 0 Å². The first-order chi connectivity index (χ1) is 15.8. The molecular formula is C27H44O4. The third kappa shape index (κ3) is 3.60. The highest BCUT2D eigenvalue weighted by Gasteiger charge is 2.65. The fraction of sp³-hybridized carbons (Fsp3) is 0.926. The molecule has 0 spiro atoms. The number of aliphatic hydroxyl groups is 1. The number of carbonyl (C=O) groups excluding carboxylic acids is 2. The molecule has 31 heavy (non-hydrogen) atoms. The summed E-state index contributed by atoms with van der Waals surface area (Å²) in [5, 5.41) is 10.5. The summed E-state index contributed by atoms with van der Waals surface area (Å²) >= 11 is 0. The minimum Gasteiger partial charge on any atom is -0.469 e. The van der Waals surface area contributed by atoms with Gasteiger partial charge in [0.05, 0.1) is 13.2 Å². The zero-order valence-corrected chi connectivity index (χ0v) is 19.9. The number of ketones is 1. The summed E-state index contributed by atoms with van der Waals surface area (Å²) in [6.07, 6.45) is 7.12. The summed E-state index contributed by atoms with van der Waals surface area (Å²) in [4.78, 5) is 25.9. The van der Waals surface area contributed by atoms with E-state index >= 15 is 0 Å². The second-order valence-electron chi connectivity index (χ2n) is 11.8. The largest absolute Gasteiger partial charge is 0.469 e. The van der Waals surface area contributed by atoms with Crippen LogP contribution in [0.15, 0.2) is 0 Å². The predicted octanol–water partition coefficient (Wildman–Crippen LogP) is 5.41. The normalized spacial score (nSPS) is 49.6. The van der Waals surface area contributed by atoms with Gasteiger partial charge in [-0.1, -0.05) is 27.6 Å². The van der Waals surface area contributed by atoms with Crippen LogP contribution in [0.25, 0.3) is 0 Å². The van der Waals surface area contributed by atoms with Crippen LogP contribution in [0.5, 0.6) is 0 Å². The van der Waals surface area contributed by atoms with Gasteiger partial charge in [-0.05, 0) is 98.2 Å². The highest BCUT2D eigenvalue weighted by Crippen LogP contribution is 2.68. The van der Waals surface area contributed by atoms with Crippen LogP contribution in [0.4, 0.5) is 0 Å². The summed E-state index contributed by atoms with van der Waals surface area (Å²) in [7, 11) is 1.43. The van der Waals surface area contributed by atoms with Crippen molar-refractivity contribution in [1.29, 1.82) is 0 Å². The second kappa shape index (κ2) is 8.47. The maximum atomic E-state index is 14.2. The Bertz CT molecular complexity index is 797. The molecule has 0 aromatic carbocycles. The van der Waals surface area contributed by atoms with E-state index in [0.29, 0.717) is 24.7 Å². The van der Waals surface area contributed by atoms with E-state index in [9.17, 15) is 14.7 Å². The second-order valence-corrected chi connectivity index (χ2v) is 11.8. The van der Waals surface area contributed by atoms with Crippen molar-refractivity contribution in [3.63, 3.8) is 0 Å². The molecule has 176 valence electrons. The molecule has 4 heteroatoms. The number of methoxy groups -OCH3 is 1. The van der Waals surface area contributed by atoms with Crippen molar-refractivity contribution in [3.05, 3.63) is 0 Å². The lowest BCUT2D eigenvalue weighted by Gasteiger charge is -2.62. The third-order valence-electron chi connectivity index (χ3n) is 10.7. The van der Waals surface area contributed by atoms with Crippen molar-refractivity contribution in [2.75, 3.05) is 7.11 Å². The van der Waals surface area contributed by atoms with Gasteiger partial charge in [-0.25, -0.2) is 0 Å². The van der Waals surface area contributed by atoms with Crippen molar-refractivity contribution in [3.8, 4) is 0 Å². The maximum Gasteiger partial charge on any atom is 0.305 e. The molecule has 4 saturated carbocycles. The Hall–Kier alpha value is -0.900. The fourth-order valence-corrected chi connectivity index (χ4v) is 9.02. The Morgan fingerprint density at radius 2 is 1.87 bits per heavy atom. The predicted molar refractivity (Wildman–Crippen MR) is 121 cm³/mol. The average Bonchev–Trinajstić information content (AvgIpc) is 3.12. The van der Waals surface area contributed by atoms with E-state index in [1.165, 1.54) is 7.11 Å². The number of carbonyl (C=O) groups is 2. The Morgan fingerprint density at radius 1 is 1.16 bits per heavy atom. The van der Waals surface area contributed by atoms with Crippen molar-refractivity contribution < 1.29 is 23.5 Å². The molecule has 1 N–H and O–H groups in total. The highest BCUT2D eigenvalue weighted by molar-refractivity contribution is 5.86. The molecule has 3 unspecified atom stereocenters. The van der Waals surface area contributed by atoms with Gasteiger partial charge in [0.25, 0.3) is 0 Å². The third-order valence-corrected chi connectivity index (χ3v) is 10.7. The highest BCUT2D eigenvalue weighted by atomic mass is 16.5. The molecule has 0 saturated heterocycles. The number of rotatable bonds is 5. The van der Waals surface area contributed by atoms with Crippen LogP contribution in [0.3, 0.4) is 0 Å². The minimum atomic E-state index is -2.14. The molecule has 4 aliphatic rings. The van der Waals surface area contributed by atoms with Crippen molar-refractivity contribution in [1.82, 2.24) is 0 Å². The quantitative estimate of drug-likeness (QED) is 0.586. The number of aliphatic hydroxyl groups excluding tert-OH is 1. The molecule has 4 nitrogen and oxygen atoms in total. The van der Waals surface area contributed by atoms with E-state index in [1.807, 2.05) is 0 Å². The molecule has 0 aromatic heterocycles. The number of hydrogen-bond donors (Lipinski definition) is 1. The topological polar surface area (TPSA) is 63.6 Å².